The van der Waals surface area contributed by atoms with Gasteiger partial charge in [0.25, 0.3) is 10.4 Å². The quantitative estimate of drug-likeness (QED) is 0.717. The number of aromatic nitrogens is 4. The number of nitrogens with two attached hydrogens (primary N) is 2. The van der Waals surface area contributed by atoms with Crippen molar-refractivity contribution in [2.24, 2.45) is 0 Å². The van der Waals surface area contributed by atoms with E-state index in [0.29, 0.717) is 10.4 Å². The van der Waals surface area contributed by atoms with Crippen LogP contribution in [0.25, 0.3) is 0 Å². The Bertz CT molecular complexity index is 387. The number of hydrogen-bond donors (Lipinski definition) is 2. The van der Waals surface area contributed by atoms with E-state index in [1.165, 1.54) is 0 Å². The first-order valence-corrected chi connectivity index (χ1v) is 5.41. The molecular formula is C4H4N6O2S2. The molecule has 0 aliphatic carbocycles. The van der Waals surface area contributed by atoms with Crippen molar-refractivity contribution in [3.05, 3.63) is 0 Å². The molecule has 0 bridgehead atoms. The average molecular weight is 232 g/mol. The van der Waals surface area contributed by atoms with Gasteiger partial charge in [0.1, 0.15) is 0 Å². The highest BCUT2D eigenvalue weighted by atomic mass is 33.1. The van der Waals surface area contributed by atoms with Crippen LogP contribution in [0.2, 0.25) is 0 Å². The number of nitrogen functional groups attached to an aromatic ring is 2. The topological polar surface area (TPSA) is 130 Å². The molecule has 2 aromatic heterocycles. The van der Waals surface area contributed by atoms with Crippen molar-refractivity contribution in [1.82, 2.24) is 20.4 Å². The van der Waals surface area contributed by atoms with Gasteiger partial charge in [0.15, 0.2) is 0 Å². The molecule has 0 amide bonds. The van der Waals surface area contributed by atoms with E-state index in [2.05, 4.69) is 20.4 Å². The van der Waals surface area contributed by atoms with Crippen LogP contribution in [-0.4, -0.2) is 20.4 Å². The molecule has 4 N–H and O–H groups in total. The summed E-state index contributed by atoms with van der Waals surface area (Å²) in [6.07, 6.45) is 0. The monoisotopic (exact) mass is 232 g/mol. The Balaban J connectivity index is 1.94. The van der Waals surface area contributed by atoms with Crippen LogP contribution in [0.4, 0.5) is 12.0 Å². The lowest BCUT2D eigenvalue weighted by molar-refractivity contribution is 0.468. The van der Waals surface area contributed by atoms with Gasteiger partial charge in [-0.05, 0) is 0 Å². The molecule has 0 aliphatic rings. The zero-order chi connectivity index (χ0) is 9.97. The molecule has 0 fully saturated rings. The smallest absolute Gasteiger partial charge is 0.313 e. The second-order valence-electron chi connectivity index (χ2n) is 1.98. The highest BCUT2D eigenvalue weighted by Crippen LogP contribution is 2.35. The summed E-state index contributed by atoms with van der Waals surface area (Å²) < 4.78 is 9.78. The largest absolute Gasteiger partial charge is 0.397 e. The van der Waals surface area contributed by atoms with Gasteiger partial charge < -0.3 is 20.3 Å². The standard InChI is InChI=1S/C4H4N6O2S2/c5-1-7-9-3(11-1)13-14-4-10-8-2(6)12-4/h(H2,5,7)(H2,6,8). The summed E-state index contributed by atoms with van der Waals surface area (Å²) in [5.41, 5.74) is 10.4. The predicted octanol–water partition coefficient (Wildman–Crippen LogP) is 0.416. The third-order valence-corrected chi connectivity index (χ3v) is 2.83. The molecule has 0 atom stereocenters. The van der Waals surface area contributed by atoms with E-state index in [0.717, 1.165) is 21.6 Å². The van der Waals surface area contributed by atoms with Gasteiger partial charge in [0, 0.05) is 21.6 Å². The summed E-state index contributed by atoms with van der Waals surface area (Å²) in [5, 5.41) is 14.8. The molecule has 0 saturated heterocycles. The Morgan fingerprint density at radius 3 is 1.50 bits per heavy atom. The highest BCUT2D eigenvalue weighted by Gasteiger charge is 2.09. The molecule has 2 aromatic rings. The highest BCUT2D eigenvalue weighted by molar-refractivity contribution is 8.76. The van der Waals surface area contributed by atoms with Crippen LogP contribution in [0.5, 0.6) is 0 Å². The summed E-state index contributed by atoms with van der Waals surface area (Å²) in [7, 11) is 2.30. The molecule has 0 unspecified atom stereocenters. The summed E-state index contributed by atoms with van der Waals surface area (Å²) in [5.74, 6) is 0. The van der Waals surface area contributed by atoms with Crippen LogP contribution in [0.3, 0.4) is 0 Å². The van der Waals surface area contributed by atoms with Crippen molar-refractivity contribution in [3.8, 4) is 0 Å². The van der Waals surface area contributed by atoms with Crippen molar-refractivity contribution in [2.75, 3.05) is 11.5 Å². The zero-order valence-corrected chi connectivity index (χ0v) is 8.21. The van der Waals surface area contributed by atoms with Crippen LogP contribution in [0.15, 0.2) is 19.3 Å². The van der Waals surface area contributed by atoms with Gasteiger partial charge in [-0.25, -0.2) is 0 Å². The maximum absolute atomic E-state index is 5.22. The number of hydrogen-bond acceptors (Lipinski definition) is 10. The molecule has 2 heterocycles. The van der Waals surface area contributed by atoms with Gasteiger partial charge >= 0.3 is 12.0 Å². The lowest BCUT2D eigenvalue weighted by atomic mass is 11.2. The summed E-state index contributed by atoms with van der Waals surface area (Å²) >= 11 is 0. The van der Waals surface area contributed by atoms with E-state index in [1.54, 1.807) is 0 Å². The number of rotatable bonds is 3. The Morgan fingerprint density at radius 2 is 1.21 bits per heavy atom. The van der Waals surface area contributed by atoms with Gasteiger partial charge in [0.2, 0.25) is 0 Å². The molecule has 0 aliphatic heterocycles. The third kappa shape index (κ3) is 2.09. The average Bonchev–Trinajstić information content (AvgIpc) is 2.72. The fourth-order valence-corrected chi connectivity index (χ4v) is 1.94. The molecule has 0 spiro atoms. The Kier molecular flexibility index (Phi) is 2.45. The van der Waals surface area contributed by atoms with E-state index < -0.39 is 0 Å². The summed E-state index contributed by atoms with van der Waals surface area (Å²) in [4.78, 5) is 0. The fourth-order valence-electron chi connectivity index (χ4n) is 0.579. The second-order valence-corrected chi connectivity index (χ2v) is 4.01. The van der Waals surface area contributed by atoms with Crippen LogP contribution in [0, 0.1) is 0 Å². The zero-order valence-electron chi connectivity index (χ0n) is 6.58. The maximum atomic E-state index is 5.22. The minimum Gasteiger partial charge on any atom is -0.397 e. The van der Waals surface area contributed by atoms with Crippen molar-refractivity contribution >= 4 is 33.6 Å². The molecule has 74 valence electrons. The van der Waals surface area contributed by atoms with Crippen LogP contribution in [-0.2, 0) is 0 Å². The van der Waals surface area contributed by atoms with Gasteiger partial charge in [-0.3, -0.25) is 0 Å². The Hall–Kier alpha value is -1.42. The number of anilines is 2. The maximum Gasteiger partial charge on any atom is 0.313 e. The van der Waals surface area contributed by atoms with Gasteiger partial charge in [-0.15, -0.1) is 0 Å². The first kappa shape index (κ1) is 9.15. The van der Waals surface area contributed by atoms with E-state index in [4.69, 9.17) is 20.3 Å². The first-order valence-electron chi connectivity index (χ1n) is 3.26. The molecule has 8 nitrogen and oxygen atoms in total. The summed E-state index contributed by atoms with van der Waals surface area (Å²) in [6.45, 7) is 0. The molecule has 10 heteroatoms. The third-order valence-electron chi connectivity index (χ3n) is 1.03. The van der Waals surface area contributed by atoms with E-state index >= 15 is 0 Å². The van der Waals surface area contributed by atoms with Gasteiger partial charge in [-0.2, -0.15) is 0 Å². The molecule has 0 saturated carbocycles. The lowest BCUT2D eigenvalue weighted by Gasteiger charge is -1.87. The minimum atomic E-state index is 0.0122. The van der Waals surface area contributed by atoms with Gasteiger partial charge in [0.05, 0.1) is 0 Å². The SMILES string of the molecule is Nc1nnc(SSc2nnc(N)o2)o1. The van der Waals surface area contributed by atoms with E-state index in [9.17, 15) is 0 Å². The Morgan fingerprint density at radius 1 is 0.786 bits per heavy atom. The molecule has 14 heavy (non-hydrogen) atoms. The van der Waals surface area contributed by atoms with Crippen molar-refractivity contribution in [1.29, 1.82) is 0 Å². The predicted molar refractivity (Wildman–Crippen MR) is 49.1 cm³/mol. The van der Waals surface area contributed by atoms with E-state index in [1.807, 2.05) is 0 Å². The van der Waals surface area contributed by atoms with Crippen molar-refractivity contribution in [3.63, 3.8) is 0 Å². The lowest BCUT2D eigenvalue weighted by Crippen LogP contribution is -1.81. The van der Waals surface area contributed by atoms with Gasteiger partial charge in [-0.1, -0.05) is 20.4 Å². The Labute approximate surface area is 85.2 Å². The molecule has 0 aromatic carbocycles. The first-order chi connectivity index (χ1) is 6.74. The van der Waals surface area contributed by atoms with Crippen LogP contribution >= 0.6 is 21.6 Å². The van der Waals surface area contributed by atoms with E-state index in [-0.39, 0.29) is 12.0 Å². The molecule has 2 rings (SSSR count). The van der Waals surface area contributed by atoms with Crippen LogP contribution < -0.4 is 11.5 Å². The van der Waals surface area contributed by atoms with Crippen molar-refractivity contribution in [2.45, 2.75) is 10.4 Å². The summed E-state index contributed by atoms with van der Waals surface area (Å²) in [6, 6.07) is 0.0243. The van der Waals surface area contributed by atoms with Crippen LogP contribution in [0.1, 0.15) is 0 Å². The normalized spacial score (nSPS) is 10.6. The fraction of sp³-hybridized carbons (Fsp3) is 0. The molecular weight excluding hydrogens is 228 g/mol. The number of nitrogens with zero attached hydrogens (tertiary/aromatic N) is 4. The second kappa shape index (κ2) is 3.75. The minimum absolute atomic E-state index is 0.0122. The van der Waals surface area contributed by atoms with Crippen molar-refractivity contribution < 1.29 is 8.83 Å². The molecule has 0 radical (unpaired) electrons.